The highest BCUT2D eigenvalue weighted by atomic mass is 31.1. The molecule has 0 aliphatic heterocycles. The van der Waals surface area contributed by atoms with Crippen LogP contribution < -0.4 is 10.6 Å². The quantitative estimate of drug-likeness (QED) is 0.147. The third-order valence-electron chi connectivity index (χ3n) is 7.34. The van der Waals surface area contributed by atoms with Crippen LogP contribution in [0.4, 0.5) is 5.69 Å². The second-order valence-electron chi connectivity index (χ2n) is 10.7. The first-order chi connectivity index (χ1) is 21.7. The molecule has 0 bridgehead atoms. The number of hydrogen-bond donors (Lipinski definition) is 3. The lowest BCUT2D eigenvalue weighted by Crippen LogP contribution is -2.57. The van der Waals surface area contributed by atoms with Gasteiger partial charge in [0, 0.05) is 36.3 Å². The van der Waals surface area contributed by atoms with Gasteiger partial charge in [0.15, 0.2) is 13.8 Å². The number of amides is 3. The van der Waals surface area contributed by atoms with Gasteiger partial charge in [-0.1, -0.05) is 68.4 Å². The monoisotopic (exact) mass is 633 g/mol. The van der Waals surface area contributed by atoms with Crippen LogP contribution in [0.3, 0.4) is 0 Å². The number of anilines is 1. The Kier molecular flexibility index (Phi) is 13.4. The van der Waals surface area contributed by atoms with Gasteiger partial charge in [0.1, 0.15) is 5.92 Å². The summed E-state index contributed by atoms with van der Waals surface area (Å²) in [5.41, 5.74) is 1.59. The number of aliphatic hydroxyl groups is 1. The molecule has 0 fully saturated rings. The molecule has 0 radical (unpaired) electrons. The Bertz CT molecular complexity index is 1450. The molecule has 0 aliphatic carbocycles. The summed E-state index contributed by atoms with van der Waals surface area (Å²) in [5.74, 6) is -4.10. The van der Waals surface area contributed by atoms with Crippen molar-refractivity contribution in [3.8, 4) is 0 Å². The van der Waals surface area contributed by atoms with Crippen LogP contribution >= 0.6 is 8.46 Å². The van der Waals surface area contributed by atoms with E-state index in [1.807, 2.05) is 13.8 Å². The molecule has 0 aliphatic rings. The Balaban J connectivity index is 1.97. The maximum Gasteiger partial charge on any atom is 0.313 e. The minimum atomic E-state index is -2.46. The summed E-state index contributed by atoms with van der Waals surface area (Å²) in [7, 11) is 0.189. The Labute approximate surface area is 265 Å². The fourth-order valence-electron chi connectivity index (χ4n) is 5.07. The van der Waals surface area contributed by atoms with Gasteiger partial charge in [-0.05, 0) is 55.2 Å². The number of carbonyl (C=O) groups is 4. The Hall–Kier alpha value is -4.40. The third kappa shape index (κ3) is 9.54. The second kappa shape index (κ2) is 17.2. The van der Waals surface area contributed by atoms with E-state index in [1.165, 1.54) is 12.1 Å². The van der Waals surface area contributed by atoms with E-state index < -0.39 is 50.0 Å². The molecule has 3 amide bonds. The predicted molar refractivity (Wildman–Crippen MR) is 172 cm³/mol. The lowest BCUT2D eigenvalue weighted by Gasteiger charge is -2.36. The summed E-state index contributed by atoms with van der Waals surface area (Å²) in [6.45, 7) is 5.11. The van der Waals surface area contributed by atoms with Gasteiger partial charge in [0.05, 0.1) is 13.2 Å². The van der Waals surface area contributed by atoms with Crippen LogP contribution in [0, 0.1) is 5.92 Å². The van der Waals surface area contributed by atoms with Crippen molar-refractivity contribution >= 4 is 37.8 Å². The molecule has 3 atom stereocenters. The van der Waals surface area contributed by atoms with E-state index in [-0.39, 0.29) is 17.9 Å². The lowest BCUT2D eigenvalue weighted by molar-refractivity contribution is -0.154. The molecule has 0 spiro atoms. The fourth-order valence-corrected chi connectivity index (χ4v) is 5.67. The van der Waals surface area contributed by atoms with Crippen molar-refractivity contribution in [2.75, 3.05) is 25.5 Å². The number of hydrogen-bond acceptors (Lipinski definition) is 7. The predicted octanol–water partition coefficient (Wildman–Crippen LogP) is 5.09. The average Bonchev–Trinajstić information content (AvgIpc) is 3.06. The lowest BCUT2D eigenvalue weighted by atomic mass is 9.88. The molecule has 3 aromatic carbocycles. The SMILES string of the molecule is CCCN(CCC)C(=O)c1cccc(C(=O)NC(Cc2ccccc2)C(O)(P=O)C(CC(=O)Nc2ccccc2)C(=O)OC)c1. The molecule has 3 unspecified atom stereocenters. The van der Waals surface area contributed by atoms with Crippen LogP contribution in [0.15, 0.2) is 84.9 Å². The second-order valence-corrected chi connectivity index (χ2v) is 11.6. The summed E-state index contributed by atoms with van der Waals surface area (Å²) in [5, 5.41) is 14.9. The zero-order valence-electron chi connectivity index (χ0n) is 25.8. The van der Waals surface area contributed by atoms with Gasteiger partial charge in [-0.2, -0.15) is 0 Å². The summed E-state index contributed by atoms with van der Waals surface area (Å²) in [4.78, 5) is 54.7. The highest BCUT2D eigenvalue weighted by Gasteiger charge is 2.51. The smallest absolute Gasteiger partial charge is 0.313 e. The van der Waals surface area contributed by atoms with Crippen molar-refractivity contribution in [2.45, 2.75) is 50.9 Å². The Morgan fingerprint density at radius 2 is 1.49 bits per heavy atom. The molecule has 0 aromatic heterocycles. The normalized spacial score (nSPS) is 13.6. The molecule has 0 saturated heterocycles. The first kappa shape index (κ1) is 35.1. The van der Waals surface area contributed by atoms with E-state index >= 15 is 0 Å². The Morgan fingerprint density at radius 1 is 0.889 bits per heavy atom. The maximum atomic E-state index is 13.7. The van der Waals surface area contributed by atoms with Gasteiger partial charge in [-0.15, -0.1) is 0 Å². The molecule has 238 valence electrons. The van der Waals surface area contributed by atoms with Gasteiger partial charge in [0.25, 0.3) is 11.8 Å². The maximum absolute atomic E-state index is 13.7. The van der Waals surface area contributed by atoms with Gasteiger partial charge in [-0.25, -0.2) is 0 Å². The number of benzene rings is 3. The minimum absolute atomic E-state index is 0.0362. The molecule has 3 N–H and O–H groups in total. The summed E-state index contributed by atoms with van der Waals surface area (Å²) in [6.07, 6.45) is 0.949. The summed E-state index contributed by atoms with van der Waals surface area (Å²) >= 11 is 0. The number of methoxy groups -OCH3 is 1. The molecule has 3 rings (SSSR count). The van der Waals surface area contributed by atoms with Crippen molar-refractivity contribution < 1.29 is 33.6 Å². The van der Waals surface area contributed by atoms with Crippen molar-refractivity contribution in [3.63, 3.8) is 0 Å². The molecule has 45 heavy (non-hydrogen) atoms. The standard InChI is InChI=1S/C34H40N3O7P/c1-4-19-37(20-5-2)32(40)26-16-12-15-25(22-26)31(39)36-29(21-24-13-8-6-9-14-24)34(42,45-43)28(33(41)44-3)23-30(38)35-27-17-10-7-11-18-27/h6-18,22,28-29,42H,4-5,19-21,23H2,1-3H3,(H,35,38)(H,36,39). The van der Waals surface area contributed by atoms with Gasteiger partial charge in [0.2, 0.25) is 5.91 Å². The van der Waals surface area contributed by atoms with Gasteiger partial charge < -0.3 is 25.4 Å². The minimum Gasteiger partial charge on any atom is -0.469 e. The Morgan fingerprint density at radius 3 is 2.07 bits per heavy atom. The number of para-hydroxylation sites is 1. The number of nitrogens with zero attached hydrogens (tertiary/aromatic N) is 1. The highest BCUT2D eigenvalue weighted by molar-refractivity contribution is 7.25. The fraction of sp³-hybridized carbons (Fsp3) is 0.353. The van der Waals surface area contributed by atoms with Crippen LogP contribution in [0.5, 0.6) is 0 Å². The van der Waals surface area contributed by atoms with Gasteiger partial charge >= 0.3 is 5.97 Å². The highest BCUT2D eigenvalue weighted by Crippen LogP contribution is 2.38. The number of carbonyl (C=O) groups excluding carboxylic acids is 4. The zero-order valence-corrected chi connectivity index (χ0v) is 26.7. The third-order valence-corrected chi connectivity index (χ3v) is 8.25. The number of esters is 1. The average molecular weight is 634 g/mol. The van der Waals surface area contributed by atoms with Crippen molar-refractivity contribution in [1.29, 1.82) is 0 Å². The summed E-state index contributed by atoms with van der Waals surface area (Å²) in [6, 6.07) is 22.3. The van der Waals surface area contributed by atoms with E-state index in [4.69, 9.17) is 4.74 Å². The molecular formula is C34H40N3O7P. The molecule has 0 saturated carbocycles. The number of rotatable bonds is 16. The number of ether oxygens (including phenoxy) is 1. The van der Waals surface area contributed by atoms with Crippen LogP contribution in [0.2, 0.25) is 0 Å². The van der Waals surface area contributed by atoms with Gasteiger partial charge in [-0.3, -0.25) is 23.7 Å². The van der Waals surface area contributed by atoms with E-state index in [0.29, 0.717) is 29.9 Å². The number of nitrogens with one attached hydrogen (secondary N) is 2. The molecular weight excluding hydrogens is 593 g/mol. The molecule has 3 aromatic rings. The van der Waals surface area contributed by atoms with Crippen LogP contribution in [0.25, 0.3) is 0 Å². The van der Waals surface area contributed by atoms with E-state index in [2.05, 4.69) is 10.6 Å². The van der Waals surface area contributed by atoms with Crippen LogP contribution in [-0.2, 0) is 25.3 Å². The van der Waals surface area contributed by atoms with E-state index in [1.54, 1.807) is 77.7 Å². The molecule has 11 heteroatoms. The van der Waals surface area contributed by atoms with E-state index in [0.717, 1.165) is 20.0 Å². The first-order valence-corrected chi connectivity index (χ1v) is 15.7. The summed E-state index contributed by atoms with van der Waals surface area (Å²) < 4.78 is 17.8. The van der Waals surface area contributed by atoms with Crippen molar-refractivity contribution in [3.05, 3.63) is 102 Å². The van der Waals surface area contributed by atoms with Crippen molar-refractivity contribution in [2.24, 2.45) is 5.92 Å². The topological polar surface area (TPSA) is 142 Å². The zero-order chi connectivity index (χ0) is 32.8. The molecule has 10 nitrogen and oxygen atoms in total. The largest absolute Gasteiger partial charge is 0.469 e. The van der Waals surface area contributed by atoms with Crippen LogP contribution in [0.1, 0.15) is 59.4 Å². The van der Waals surface area contributed by atoms with Crippen molar-refractivity contribution in [1.82, 2.24) is 10.2 Å². The van der Waals surface area contributed by atoms with Crippen LogP contribution in [-0.4, -0.2) is 65.3 Å². The molecule has 0 heterocycles. The first-order valence-electron chi connectivity index (χ1n) is 14.9. The van der Waals surface area contributed by atoms with E-state index in [9.17, 15) is 28.8 Å².